The van der Waals surface area contributed by atoms with Crippen molar-refractivity contribution in [2.75, 3.05) is 6.54 Å². The van der Waals surface area contributed by atoms with E-state index in [1.807, 2.05) is 38.1 Å². The van der Waals surface area contributed by atoms with Crippen molar-refractivity contribution in [1.82, 2.24) is 4.98 Å². The average Bonchev–Trinajstić information content (AvgIpc) is 2.69. The molecule has 0 saturated carbocycles. The quantitative estimate of drug-likeness (QED) is 0.347. The van der Waals surface area contributed by atoms with Gasteiger partial charge in [0, 0.05) is 23.0 Å². The van der Waals surface area contributed by atoms with Crippen LogP contribution in [0.3, 0.4) is 0 Å². The fourth-order valence-corrected chi connectivity index (χ4v) is 3.57. The summed E-state index contributed by atoms with van der Waals surface area (Å²) in [6.45, 7) is 12.2. The molecule has 0 fully saturated rings. The molecule has 6 nitrogen and oxygen atoms in total. The number of H-pyrrole nitrogens is 1. The lowest BCUT2D eigenvalue weighted by Crippen LogP contribution is -2.23. The first-order valence-corrected chi connectivity index (χ1v) is 10.5. The number of nitrogens with one attached hydrogen (secondary N) is 1. The second-order valence-corrected chi connectivity index (χ2v) is 8.11. The van der Waals surface area contributed by atoms with Gasteiger partial charge in [0.05, 0.1) is 11.5 Å². The first-order valence-electron chi connectivity index (χ1n) is 10.5. The zero-order chi connectivity index (χ0) is 22.4. The van der Waals surface area contributed by atoms with E-state index in [0.29, 0.717) is 46.6 Å². The molecule has 162 valence electrons. The van der Waals surface area contributed by atoms with Gasteiger partial charge in [0.25, 0.3) is 0 Å². The van der Waals surface area contributed by atoms with Gasteiger partial charge in [-0.1, -0.05) is 31.9 Å². The topological polar surface area (TPSA) is 104 Å². The number of aromatic amines is 1. The van der Waals surface area contributed by atoms with E-state index in [1.165, 1.54) is 0 Å². The van der Waals surface area contributed by atoms with Crippen LogP contribution in [-0.2, 0) is 0 Å². The number of nitrogens with two attached hydrogens (primary N) is 1. The van der Waals surface area contributed by atoms with Crippen LogP contribution in [0.5, 0.6) is 0 Å². The minimum absolute atomic E-state index is 0.0400. The highest BCUT2D eigenvalue weighted by Gasteiger charge is 2.15. The lowest BCUT2D eigenvalue weighted by molar-refractivity contribution is 0.349. The van der Waals surface area contributed by atoms with E-state index in [-0.39, 0.29) is 11.3 Å². The number of benzene rings is 1. The molecule has 6 heteroatoms. The maximum absolute atomic E-state index is 12.7. The number of nitrogens with zero attached hydrogens (tertiary/aromatic N) is 2. The Labute approximate surface area is 178 Å². The van der Waals surface area contributed by atoms with E-state index in [4.69, 9.17) is 5.73 Å². The van der Waals surface area contributed by atoms with Crippen molar-refractivity contribution in [2.24, 2.45) is 27.6 Å². The highest BCUT2D eigenvalue weighted by atomic mass is 16.3. The van der Waals surface area contributed by atoms with Gasteiger partial charge in [-0.3, -0.25) is 9.79 Å². The van der Waals surface area contributed by atoms with Crippen LogP contribution in [0.2, 0.25) is 0 Å². The van der Waals surface area contributed by atoms with Crippen molar-refractivity contribution >= 4 is 22.6 Å². The number of aliphatic hydroxyl groups excluding tert-OH is 1. The number of aliphatic hydroxyl groups is 1. The van der Waals surface area contributed by atoms with Gasteiger partial charge < -0.3 is 15.8 Å². The number of hydrogen-bond acceptors (Lipinski definition) is 3. The summed E-state index contributed by atoms with van der Waals surface area (Å²) in [5.74, 6) is 1.97. The Morgan fingerprint density at radius 3 is 2.63 bits per heavy atom. The summed E-state index contributed by atoms with van der Waals surface area (Å²) in [7, 11) is 0. The van der Waals surface area contributed by atoms with E-state index in [2.05, 4.69) is 28.8 Å². The molecule has 0 saturated heterocycles. The summed E-state index contributed by atoms with van der Waals surface area (Å²) in [6.07, 6.45) is 3.70. The molecule has 2 atom stereocenters. The third kappa shape index (κ3) is 5.81. The molecule has 0 aliphatic rings. The van der Waals surface area contributed by atoms with Crippen molar-refractivity contribution in [2.45, 2.75) is 54.4 Å². The highest BCUT2D eigenvalue weighted by molar-refractivity contribution is 6.05. The molecule has 30 heavy (non-hydrogen) atoms. The molecule has 0 bridgehead atoms. The second-order valence-electron chi connectivity index (χ2n) is 8.11. The first-order chi connectivity index (χ1) is 14.1. The highest BCUT2D eigenvalue weighted by Crippen LogP contribution is 2.21. The van der Waals surface area contributed by atoms with Crippen LogP contribution < -0.4 is 11.2 Å². The number of allylic oxidation sites excluding steroid dienone is 2. The summed E-state index contributed by atoms with van der Waals surface area (Å²) in [6, 6.07) is 5.72. The summed E-state index contributed by atoms with van der Waals surface area (Å²) in [5, 5.41) is 10.1. The fraction of sp³-hybridized carbons (Fsp3) is 0.458. The van der Waals surface area contributed by atoms with Crippen molar-refractivity contribution in [3.05, 3.63) is 57.1 Å². The third-order valence-electron chi connectivity index (χ3n) is 5.59. The molecule has 2 aromatic rings. The van der Waals surface area contributed by atoms with Gasteiger partial charge in [0.2, 0.25) is 0 Å². The first kappa shape index (κ1) is 23.4. The van der Waals surface area contributed by atoms with Crippen LogP contribution in [0.4, 0.5) is 0 Å². The molecule has 0 amide bonds. The van der Waals surface area contributed by atoms with Crippen LogP contribution in [0, 0.1) is 25.7 Å². The number of aromatic nitrogens is 1. The normalized spacial score (nSPS) is 15.5. The van der Waals surface area contributed by atoms with Crippen molar-refractivity contribution in [3.8, 4) is 0 Å². The summed E-state index contributed by atoms with van der Waals surface area (Å²) in [5.41, 5.74) is 9.05. The third-order valence-corrected chi connectivity index (χ3v) is 5.59. The molecule has 4 N–H and O–H groups in total. The molecule has 1 heterocycles. The smallest absolute Gasteiger partial charge is 0.193 e. The van der Waals surface area contributed by atoms with Gasteiger partial charge in [0.1, 0.15) is 11.7 Å². The maximum atomic E-state index is 12.7. The molecule has 0 aliphatic carbocycles. The summed E-state index contributed by atoms with van der Waals surface area (Å²) >= 11 is 0. The SMILES string of the molecule is CCC(C/C=C(\C)O)C(C)CN=C(C)N=C(N)c1[nH]c2ccc(C)cc2c(=O)c1C. The Hall–Kier alpha value is -2.89. The largest absolute Gasteiger partial charge is 0.513 e. The minimum Gasteiger partial charge on any atom is -0.513 e. The van der Waals surface area contributed by atoms with Gasteiger partial charge in [-0.25, -0.2) is 4.99 Å². The average molecular weight is 411 g/mol. The predicted octanol–water partition coefficient (Wildman–Crippen LogP) is 4.78. The van der Waals surface area contributed by atoms with Crippen molar-refractivity contribution < 1.29 is 5.11 Å². The molecular formula is C24H34N4O2. The fourth-order valence-electron chi connectivity index (χ4n) is 3.57. The molecule has 1 aromatic heterocycles. The van der Waals surface area contributed by atoms with Crippen LogP contribution >= 0.6 is 0 Å². The Morgan fingerprint density at radius 2 is 2.00 bits per heavy atom. The van der Waals surface area contributed by atoms with E-state index >= 15 is 0 Å². The number of rotatable bonds is 7. The van der Waals surface area contributed by atoms with E-state index in [1.54, 1.807) is 13.8 Å². The molecular weight excluding hydrogens is 376 g/mol. The van der Waals surface area contributed by atoms with E-state index in [9.17, 15) is 9.90 Å². The number of aliphatic imine (C=N–C) groups is 2. The van der Waals surface area contributed by atoms with Crippen molar-refractivity contribution in [1.29, 1.82) is 0 Å². The van der Waals surface area contributed by atoms with Gasteiger partial charge >= 0.3 is 0 Å². The zero-order valence-electron chi connectivity index (χ0n) is 18.9. The number of fused-ring (bicyclic) bond motifs is 1. The van der Waals surface area contributed by atoms with Crippen molar-refractivity contribution in [3.63, 3.8) is 0 Å². The number of pyridine rings is 1. The maximum Gasteiger partial charge on any atom is 0.193 e. The predicted molar refractivity (Wildman–Crippen MR) is 127 cm³/mol. The Balaban J connectivity index is 2.24. The van der Waals surface area contributed by atoms with Crippen LogP contribution in [0.25, 0.3) is 10.9 Å². The van der Waals surface area contributed by atoms with Gasteiger partial charge in [-0.2, -0.15) is 0 Å². The van der Waals surface area contributed by atoms with E-state index < -0.39 is 0 Å². The van der Waals surface area contributed by atoms with Gasteiger partial charge in [0.15, 0.2) is 5.43 Å². The zero-order valence-corrected chi connectivity index (χ0v) is 18.9. The van der Waals surface area contributed by atoms with Crippen LogP contribution in [-0.4, -0.2) is 28.3 Å². The summed E-state index contributed by atoms with van der Waals surface area (Å²) < 4.78 is 0. The Morgan fingerprint density at radius 1 is 1.30 bits per heavy atom. The number of aryl methyl sites for hydroxylation is 1. The minimum atomic E-state index is -0.0400. The van der Waals surface area contributed by atoms with Crippen LogP contribution in [0.1, 0.15) is 57.4 Å². The molecule has 2 rings (SSSR count). The molecule has 2 unspecified atom stereocenters. The van der Waals surface area contributed by atoms with Gasteiger partial charge in [-0.15, -0.1) is 0 Å². The van der Waals surface area contributed by atoms with Gasteiger partial charge in [-0.05, 0) is 64.2 Å². The molecule has 0 radical (unpaired) electrons. The Bertz CT molecular complexity index is 1040. The second kappa shape index (κ2) is 10.2. The summed E-state index contributed by atoms with van der Waals surface area (Å²) in [4.78, 5) is 25.0. The Kier molecular flexibility index (Phi) is 7.98. The molecule has 0 spiro atoms. The monoisotopic (exact) mass is 410 g/mol. The molecule has 0 aliphatic heterocycles. The lowest BCUT2D eigenvalue weighted by atomic mass is 9.88. The number of hydrogen-bond donors (Lipinski definition) is 3. The standard InChI is InChI=1S/C24H34N4O2/c1-7-19(10-9-16(4)29)15(3)13-26-18(6)27-24(25)22-17(5)23(30)20-12-14(2)8-11-21(20)28-22/h8-9,11-12,15,19,29H,7,10,13H2,1-6H3,(H,28,30)(H2,25,26,27)/b16-9+. The number of amidine groups is 2. The van der Waals surface area contributed by atoms with Crippen LogP contribution in [0.15, 0.2) is 44.8 Å². The van der Waals surface area contributed by atoms with E-state index in [0.717, 1.165) is 23.9 Å². The lowest BCUT2D eigenvalue weighted by Gasteiger charge is -2.19. The molecule has 1 aromatic carbocycles.